The average Bonchev–Trinajstić information content (AvgIpc) is 2.27. The first-order valence-corrected chi connectivity index (χ1v) is 5.02. The van der Waals surface area contributed by atoms with Crippen molar-refractivity contribution < 1.29 is 14.3 Å². The highest BCUT2D eigenvalue weighted by Crippen LogP contribution is 2.29. The number of halogens is 1. The number of hydrogen-bond donors (Lipinski definition) is 1. The predicted molar refractivity (Wildman–Crippen MR) is 61.6 cm³/mol. The average molecular weight is 244 g/mol. The van der Waals surface area contributed by atoms with E-state index in [1.165, 1.54) is 14.2 Å². The van der Waals surface area contributed by atoms with Crippen LogP contribution in [0.15, 0.2) is 18.2 Å². The Morgan fingerprint density at radius 3 is 2.50 bits per heavy atom. The molecule has 1 rings (SSSR count). The van der Waals surface area contributed by atoms with Crippen LogP contribution in [0.4, 0.5) is 0 Å². The van der Waals surface area contributed by atoms with Gasteiger partial charge in [-0.15, -0.1) is 0 Å². The van der Waals surface area contributed by atoms with E-state index in [1.807, 2.05) is 0 Å². The zero-order chi connectivity index (χ0) is 12.3. The normalized spacial score (nSPS) is 14.1. The molecule has 1 aromatic rings. The third-order valence-corrected chi connectivity index (χ3v) is 2.66. The van der Waals surface area contributed by atoms with Gasteiger partial charge in [-0.2, -0.15) is 0 Å². The van der Waals surface area contributed by atoms with Gasteiger partial charge < -0.3 is 15.2 Å². The number of benzene rings is 1. The molecule has 0 aromatic heterocycles. The van der Waals surface area contributed by atoms with Gasteiger partial charge in [-0.05, 0) is 24.6 Å². The Labute approximate surface area is 99.3 Å². The largest absolute Gasteiger partial charge is 0.495 e. The van der Waals surface area contributed by atoms with E-state index in [4.69, 9.17) is 22.1 Å². The Kier molecular flexibility index (Phi) is 3.78. The second-order valence-electron chi connectivity index (χ2n) is 3.54. The molecule has 0 aliphatic carbocycles. The lowest BCUT2D eigenvalue weighted by molar-refractivity contribution is -0.146. The molecule has 0 heterocycles. The molecule has 0 saturated carbocycles. The van der Waals surface area contributed by atoms with Gasteiger partial charge in [-0.3, -0.25) is 0 Å². The molecule has 0 fully saturated rings. The van der Waals surface area contributed by atoms with Crippen LogP contribution >= 0.6 is 11.6 Å². The molecule has 0 radical (unpaired) electrons. The van der Waals surface area contributed by atoms with Gasteiger partial charge in [-0.25, -0.2) is 4.79 Å². The molecule has 1 unspecified atom stereocenters. The van der Waals surface area contributed by atoms with E-state index in [9.17, 15) is 4.79 Å². The summed E-state index contributed by atoms with van der Waals surface area (Å²) >= 11 is 5.95. The molecular formula is C11H14ClNO3. The minimum Gasteiger partial charge on any atom is -0.495 e. The van der Waals surface area contributed by atoms with Crippen LogP contribution in [0.25, 0.3) is 0 Å². The Hall–Kier alpha value is -1.26. The lowest BCUT2D eigenvalue weighted by atomic mass is 9.93. The highest BCUT2D eigenvalue weighted by Gasteiger charge is 2.32. The highest BCUT2D eigenvalue weighted by molar-refractivity contribution is 6.32. The van der Waals surface area contributed by atoms with Crippen molar-refractivity contribution in [2.75, 3.05) is 14.2 Å². The smallest absolute Gasteiger partial charge is 0.330 e. The number of rotatable bonds is 3. The molecule has 0 bridgehead atoms. The summed E-state index contributed by atoms with van der Waals surface area (Å²) in [7, 11) is 2.81. The van der Waals surface area contributed by atoms with E-state index in [-0.39, 0.29) is 0 Å². The first kappa shape index (κ1) is 12.8. The molecule has 16 heavy (non-hydrogen) atoms. The summed E-state index contributed by atoms with van der Waals surface area (Å²) in [6, 6.07) is 4.94. The summed E-state index contributed by atoms with van der Waals surface area (Å²) in [5.74, 6) is 0.0137. The molecule has 0 aliphatic heterocycles. The molecule has 0 saturated heterocycles. The second-order valence-corrected chi connectivity index (χ2v) is 3.95. The van der Waals surface area contributed by atoms with Crippen molar-refractivity contribution in [1.29, 1.82) is 0 Å². The maximum absolute atomic E-state index is 11.5. The third kappa shape index (κ3) is 2.28. The van der Waals surface area contributed by atoms with Gasteiger partial charge in [0.05, 0.1) is 19.2 Å². The van der Waals surface area contributed by atoms with Crippen LogP contribution in [-0.4, -0.2) is 20.2 Å². The molecular weight excluding hydrogens is 230 g/mol. The van der Waals surface area contributed by atoms with Gasteiger partial charge in [0, 0.05) is 0 Å². The van der Waals surface area contributed by atoms with Gasteiger partial charge in [-0.1, -0.05) is 17.7 Å². The summed E-state index contributed by atoms with van der Waals surface area (Å²) in [6.45, 7) is 1.57. The van der Waals surface area contributed by atoms with Crippen LogP contribution in [0.3, 0.4) is 0 Å². The molecule has 0 amide bonds. The number of esters is 1. The summed E-state index contributed by atoms with van der Waals surface area (Å²) in [5.41, 5.74) is 5.24. The monoisotopic (exact) mass is 243 g/mol. The van der Waals surface area contributed by atoms with E-state index >= 15 is 0 Å². The predicted octanol–water partition coefficient (Wildman–Crippen LogP) is 1.70. The van der Waals surface area contributed by atoms with E-state index in [0.717, 1.165) is 0 Å². The Morgan fingerprint density at radius 1 is 1.44 bits per heavy atom. The van der Waals surface area contributed by atoms with Crippen molar-refractivity contribution in [3.8, 4) is 5.75 Å². The van der Waals surface area contributed by atoms with Crippen molar-refractivity contribution in [3.63, 3.8) is 0 Å². The molecule has 0 aliphatic rings. The molecule has 0 spiro atoms. The number of carbonyl (C=O) groups excluding carboxylic acids is 1. The zero-order valence-electron chi connectivity index (χ0n) is 9.41. The first-order valence-electron chi connectivity index (χ1n) is 4.64. The lowest BCUT2D eigenvalue weighted by Gasteiger charge is -2.22. The SMILES string of the molecule is COC(=O)C(C)(N)c1ccc(OC)c(Cl)c1. The summed E-state index contributed by atoms with van der Waals surface area (Å²) in [6.07, 6.45) is 0. The summed E-state index contributed by atoms with van der Waals surface area (Å²) < 4.78 is 9.64. The highest BCUT2D eigenvalue weighted by atomic mass is 35.5. The molecule has 5 heteroatoms. The van der Waals surface area contributed by atoms with Crippen LogP contribution in [0.5, 0.6) is 5.75 Å². The first-order chi connectivity index (χ1) is 7.43. The Morgan fingerprint density at radius 2 is 2.06 bits per heavy atom. The fourth-order valence-electron chi connectivity index (χ4n) is 1.32. The lowest BCUT2D eigenvalue weighted by Crippen LogP contribution is -2.42. The standard InChI is InChI=1S/C11H14ClNO3/c1-11(13,10(14)16-3)7-4-5-9(15-2)8(12)6-7/h4-6H,13H2,1-3H3. The van der Waals surface area contributed by atoms with E-state index < -0.39 is 11.5 Å². The summed E-state index contributed by atoms with van der Waals surface area (Å²) in [4.78, 5) is 11.5. The van der Waals surface area contributed by atoms with Crippen LogP contribution in [-0.2, 0) is 15.1 Å². The third-order valence-electron chi connectivity index (χ3n) is 2.36. The fourth-order valence-corrected chi connectivity index (χ4v) is 1.58. The Bertz CT molecular complexity index is 404. The van der Waals surface area contributed by atoms with Gasteiger partial charge in [0.1, 0.15) is 11.3 Å². The van der Waals surface area contributed by atoms with Crippen molar-refractivity contribution in [3.05, 3.63) is 28.8 Å². The van der Waals surface area contributed by atoms with Crippen molar-refractivity contribution in [2.45, 2.75) is 12.5 Å². The maximum Gasteiger partial charge on any atom is 0.330 e. The minimum atomic E-state index is -1.22. The number of ether oxygens (including phenoxy) is 2. The minimum absolute atomic E-state index is 0.403. The van der Waals surface area contributed by atoms with Crippen LogP contribution in [0, 0.1) is 0 Å². The summed E-state index contributed by atoms with van der Waals surface area (Å²) in [5, 5.41) is 0.403. The number of nitrogens with two attached hydrogens (primary N) is 1. The fraction of sp³-hybridized carbons (Fsp3) is 0.364. The second kappa shape index (κ2) is 4.72. The quantitative estimate of drug-likeness (QED) is 0.821. The number of carbonyl (C=O) groups is 1. The van der Waals surface area contributed by atoms with Crippen molar-refractivity contribution in [1.82, 2.24) is 0 Å². The number of methoxy groups -OCH3 is 2. The van der Waals surface area contributed by atoms with Crippen molar-refractivity contribution >= 4 is 17.6 Å². The van der Waals surface area contributed by atoms with Crippen molar-refractivity contribution in [2.24, 2.45) is 5.73 Å². The molecule has 88 valence electrons. The number of hydrogen-bond acceptors (Lipinski definition) is 4. The molecule has 1 atom stereocenters. The van der Waals surface area contributed by atoms with Crippen LogP contribution < -0.4 is 10.5 Å². The molecule has 1 aromatic carbocycles. The maximum atomic E-state index is 11.5. The van der Waals surface area contributed by atoms with Gasteiger partial charge >= 0.3 is 5.97 Å². The van der Waals surface area contributed by atoms with Gasteiger partial charge in [0.15, 0.2) is 0 Å². The molecule has 4 nitrogen and oxygen atoms in total. The van der Waals surface area contributed by atoms with E-state index in [2.05, 4.69) is 4.74 Å². The topological polar surface area (TPSA) is 61.5 Å². The van der Waals surface area contributed by atoms with E-state index in [0.29, 0.717) is 16.3 Å². The van der Waals surface area contributed by atoms with Gasteiger partial charge in [0.2, 0.25) is 0 Å². The zero-order valence-corrected chi connectivity index (χ0v) is 10.2. The Balaban J connectivity index is 3.14. The molecule has 2 N–H and O–H groups in total. The van der Waals surface area contributed by atoms with Gasteiger partial charge in [0.25, 0.3) is 0 Å². The van der Waals surface area contributed by atoms with E-state index in [1.54, 1.807) is 25.1 Å². The van der Waals surface area contributed by atoms with Crippen LogP contribution in [0.2, 0.25) is 5.02 Å². The van der Waals surface area contributed by atoms with Crippen LogP contribution in [0.1, 0.15) is 12.5 Å².